The third kappa shape index (κ3) is 5.55. The summed E-state index contributed by atoms with van der Waals surface area (Å²) in [6, 6.07) is 4.35. The van der Waals surface area contributed by atoms with Crippen LogP contribution in [-0.2, 0) is 11.3 Å². The number of aryl methyl sites for hydroxylation is 1. The Bertz CT molecular complexity index is 551. The summed E-state index contributed by atoms with van der Waals surface area (Å²) in [5, 5.41) is 7.03. The molecular formula is C18H31IN4OS. The number of ether oxygens (including phenoxy) is 1. The maximum atomic E-state index is 5.63. The number of likely N-dealkylation sites (tertiary alicyclic amines) is 1. The van der Waals surface area contributed by atoms with Crippen molar-refractivity contribution in [1.82, 2.24) is 15.5 Å². The van der Waals surface area contributed by atoms with Crippen molar-refractivity contribution in [3.63, 3.8) is 0 Å². The first kappa shape index (κ1) is 20.9. The number of rotatable bonds is 5. The molecule has 2 N–H and O–H groups in total. The van der Waals surface area contributed by atoms with Crippen molar-refractivity contribution >= 4 is 41.3 Å². The van der Waals surface area contributed by atoms with Gasteiger partial charge in [0.05, 0.1) is 6.54 Å². The van der Waals surface area contributed by atoms with Crippen LogP contribution < -0.4 is 10.6 Å². The van der Waals surface area contributed by atoms with Gasteiger partial charge in [-0.1, -0.05) is 0 Å². The van der Waals surface area contributed by atoms with E-state index in [4.69, 9.17) is 4.74 Å². The van der Waals surface area contributed by atoms with Crippen LogP contribution in [0.2, 0.25) is 0 Å². The van der Waals surface area contributed by atoms with Gasteiger partial charge in [0.1, 0.15) is 0 Å². The van der Waals surface area contributed by atoms with Crippen LogP contribution in [0, 0.1) is 6.92 Å². The molecule has 0 aliphatic carbocycles. The van der Waals surface area contributed by atoms with Gasteiger partial charge in [0, 0.05) is 42.1 Å². The zero-order chi connectivity index (χ0) is 16.8. The van der Waals surface area contributed by atoms with Gasteiger partial charge in [0.25, 0.3) is 0 Å². The van der Waals surface area contributed by atoms with Crippen molar-refractivity contribution in [2.75, 3.05) is 39.9 Å². The number of nitrogens with zero attached hydrogens (tertiary/aromatic N) is 2. The van der Waals surface area contributed by atoms with Gasteiger partial charge >= 0.3 is 0 Å². The summed E-state index contributed by atoms with van der Waals surface area (Å²) in [4.78, 5) is 9.78. The first-order valence-corrected chi connectivity index (χ1v) is 9.86. The Hall–Kier alpha value is -0.380. The molecule has 2 aliphatic rings. The fourth-order valence-corrected chi connectivity index (χ4v) is 4.60. The third-order valence-corrected chi connectivity index (χ3v) is 6.24. The molecule has 3 heterocycles. The lowest BCUT2D eigenvalue weighted by Gasteiger charge is -2.45. The summed E-state index contributed by atoms with van der Waals surface area (Å²) < 4.78 is 5.63. The minimum absolute atomic E-state index is 0. The molecule has 2 aliphatic heterocycles. The number of nitrogens with one attached hydrogen (secondary N) is 2. The zero-order valence-corrected chi connectivity index (χ0v) is 18.5. The average molecular weight is 478 g/mol. The van der Waals surface area contributed by atoms with Gasteiger partial charge in [-0.3, -0.25) is 9.89 Å². The number of hydrogen-bond acceptors (Lipinski definition) is 4. The number of halogens is 1. The van der Waals surface area contributed by atoms with E-state index >= 15 is 0 Å². The molecule has 0 spiro atoms. The maximum absolute atomic E-state index is 5.63. The standard InChI is InChI=1S/C18H30N4OS.HI/c1-15-5-6-16(24-15)13-20-17(19-2)21-14-18(7-11-23-12-8-18)22-9-3-4-10-22;/h5-6H,3-4,7-14H2,1-2H3,(H2,19,20,21);1H. The van der Waals surface area contributed by atoms with Crippen molar-refractivity contribution in [3.8, 4) is 0 Å². The van der Waals surface area contributed by atoms with E-state index in [0.29, 0.717) is 0 Å². The second-order valence-electron chi connectivity index (χ2n) is 6.82. The molecule has 2 fully saturated rings. The van der Waals surface area contributed by atoms with Crippen molar-refractivity contribution in [2.45, 2.75) is 44.7 Å². The monoisotopic (exact) mass is 478 g/mol. The maximum Gasteiger partial charge on any atom is 0.191 e. The second kappa shape index (κ2) is 10.1. The fourth-order valence-electron chi connectivity index (χ4n) is 3.77. The minimum atomic E-state index is 0. The highest BCUT2D eigenvalue weighted by Gasteiger charge is 2.39. The van der Waals surface area contributed by atoms with Gasteiger partial charge in [-0.2, -0.15) is 0 Å². The van der Waals surface area contributed by atoms with Crippen molar-refractivity contribution in [2.24, 2.45) is 4.99 Å². The first-order chi connectivity index (χ1) is 11.7. The molecule has 0 saturated carbocycles. The predicted octanol–water partition coefficient (Wildman–Crippen LogP) is 2.98. The van der Waals surface area contributed by atoms with E-state index < -0.39 is 0 Å². The fraction of sp³-hybridized carbons (Fsp3) is 0.722. The summed E-state index contributed by atoms with van der Waals surface area (Å²) >= 11 is 1.84. The smallest absolute Gasteiger partial charge is 0.191 e. The highest BCUT2D eigenvalue weighted by molar-refractivity contribution is 14.0. The molecule has 25 heavy (non-hydrogen) atoms. The molecule has 7 heteroatoms. The van der Waals surface area contributed by atoms with Gasteiger partial charge in [-0.25, -0.2) is 0 Å². The van der Waals surface area contributed by atoms with Crippen molar-refractivity contribution < 1.29 is 4.74 Å². The molecule has 1 aromatic rings. The van der Waals surface area contributed by atoms with Gasteiger partial charge in [-0.05, 0) is 57.8 Å². The Balaban J connectivity index is 0.00000225. The molecule has 1 aromatic heterocycles. The van der Waals surface area contributed by atoms with Crippen LogP contribution in [0.25, 0.3) is 0 Å². The van der Waals surface area contributed by atoms with Crippen LogP contribution >= 0.6 is 35.3 Å². The lowest BCUT2D eigenvalue weighted by Crippen LogP contribution is -2.58. The zero-order valence-electron chi connectivity index (χ0n) is 15.3. The van der Waals surface area contributed by atoms with Gasteiger partial charge in [0.15, 0.2) is 5.96 Å². The Kier molecular flexibility index (Phi) is 8.44. The van der Waals surface area contributed by atoms with Gasteiger partial charge < -0.3 is 15.4 Å². The van der Waals surface area contributed by atoms with Crippen LogP contribution in [0.5, 0.6) is 0 Å². The Morgan fingerprint density at radius 2 is 1.96 bits per heavy atom. The summed E-state index contributed by atoms with van der Waals surface area (Å²) in [7, 11) is 1.85. The highest BCUT2D eigenvalue weighted by atomic mass is 127. The third-order valence-electron chi connectivity index (χ3n) is 5.23. The number of thiophene rings is 1. The molecule has 0 amide bonds. The summed E-state index contributed by atoms with van der Waals surface area (Å²) in [6.07, 6.45) is 4.88. The summed E-state index contributed by atoms with van der Waals surface area (Å²) in [5.41, 5.74) is 0.228. The molecular weight excluding hydrogens is 447 g/mol. The van der Waals surface area contributed by atoms with Gasteiger partial charge in [0.2, 0.25) is 0 Å². The lowest BCUT2D eigenvalue weighted by atomic mass is 9.88. The minimum Gasteiger partial charge on any atom is -0.381 e. The molecule has 0 atom stereocenters. The number of guanidine groups is 1. The topological polar surface area (TPSA) is 48.9 Å². The Morgan fingerprint density at radius 3 is 2.56 bits per heavy atom. The molecule has 0 aromatic carbocycles. The largest absolute Gasteiger partial charge is 0.381 e. The molecule has 0 unspecified atom stereocenters. The molecule has 5 nitrogen and oxygen atoms in total. The van der Waals surface area contributed by atoms with Crippen molar-refractivity contribution in [3.05, 3.63) is 21.9 Å². The average Bonchev–Trinajstić information content (AvgIpc) is 3.28. The van der Waals surface area contributed by atoms with E-state index in [2.05, 4.69) is 39.6 Å². The summed E-state index contributed by atoms with van der Waals surface area (Å²) in [6.45, 7) is 8.12. The second-order valence-corrected chi connectivity index (χ2v) is 8.20. The summed E-state index contributed by atoms with van der Waals surface area (Å²) in [5.74, 6) is 0.895. The lowest BCUT2D eigenvalue weighted by molar-refractivity contribution is -0.0164. The van der Waals surface area contributed by atoms with Crippen LogP contribution in [0.15, 0.2) is 17.1 Å². The molecule has 3 rings (SSSR count). The van der Waals surface area contributed by atoms with E-state index in [0.717, 1.165) is 45.1 Å². The van der Waals surface area contributed by atoms with E-state index in [1.807, 2.05) is 18.4 Å². The molecule has 2 saturated heterocycles. The molecule has 142 valence electrons. The van der Waals surface area contributed by atoms with Crippen molar-refractivity contribution in [1.29, 1.82) is 0 Å². The highest BCUT2D eigenvalue weighted by Crippen LogP contribution is 2.30. The predicted molar refractivity (Wildman–Crippen MR) is 116 cm³/mol. The Morgan fingerprint density at radius 1 is 1.24 bits per heavy atom. The normalized spacial score (nSPS) is 21.0. The Labute approximate surface area is 172 Å². The number of aliphatic imine (C=N–C) groups is 1. The van der Waals surface area contributed by atoms with E-state index in [-0.39, 0.29) is 29.5 Å². The van der Waals surface area contributed by atoms with E-state index in [1.54, 1.807) is 0 Å². The molecule has 0 radical (unpaired) electrons. The van der Waals surface area contributed by atoms with Crippen LogP contribution in [0.1, 0.15) is 35.4 Å². The van der Waals surface area contributed by atoms with Crippen LogP contribution in [0.3, 0.4) is 0 Å². The van der Waals surface area contributed by atoms with Crippen LogP contribution in [0.4, 0.5) is 0 Å². The quantitative estimate of drug-likeness (QED) is 0.388. The molecule has 0 bridgehead atoms. The van der Waals surface area contributed by atoms with E-state index in [9.17, 15) is 0 Å². The number of hydrogen-bond donors (Lipinski definition) is 2. The van der Waals surface area contributed by atoms with Crippen LogP contribution in [-0.4, -0.2) is 56.3 Å². The SMILES string of the molecule is CN=C(NCc1ccc(C)s1)NCC1(N2CCCC2)CCOCC1.I. The first-order valence-electron chi connectivity index (χ1n) is 9.04. The van der Waals surface area contributed by atoms with E-state index in [1.165, 1.54) is 35.7 Å². The van der Waals surface area contributed by atoms with Gasteiger partial charge in [-0.15, -0.1) is 35.3 Å².